The number of aliphatic imine (C=N–C) groups is 1. The summed E-state index contributed by atoms with van der Waals surface area (Å²) in [5.74, 6) is 0.209. The standard InChI is InChI=1S/C17H10Br2Cl2N2O2S/c18-10-3-9(4-14-16(24)23-17(22)26-14)15(12(19)5-10)25-7-8-1-2-11(20)6-13(8)21/h1-6H,7H2,(H2,22,23,24). The second kappa shape index (κ2) is 8.35. The predicted molar refractivity (Wildman–Crippen MR) is 115 cm³/mol. The summed E-state index contributed by atoms with van der Waals surface area (Å²) in [6.45, 7) is 0.242. The van der Waals surface area contributed by atoms with Crippen LogP contribution in [0.25, 0.3) is 6.08 Å². The summed E-state index contributed by atoms with van der Waals surface area (Å²) in [6, 6.07) is 8.92. The lowest BCUT2D eigenvalue weighted by Gasteiger charge is -2.13. The van der Waals surface area contributed by atoms with Crippen molar-refractivity contribution in [2.75, 3.05) is 0 Å². The summed E-state index contributed by atoms with van der Waals surface area (Å²) in [7, 11) is 0. The molecule has 0 fully saturated rings. The molecular weight excluding hydrogens is 527 g/mol. The van der Waals surface area contributed by atoms with E-state index in [4.69, 9.17) is 33.7 Å². The summed E-state index contributed by atoms with van der Waals surface area (Å²) in [4.78, 5) is 16.0. The molecule has 2 N–H and O–H groups in total. The molecule has 0 aliphatic carbocycles. The van der Waals surface area contributed by atoms with Crippen molar-refractivity contribution in [1.82, 2.24) is 0 Å². The minimum atomic E-state index is -0.365. The molecule has 0 unspecified atom stereocenters. The van der Waals surface area contributed by atoms with E-state index in [2.05, 4.69) is 36.9 Å². The molecule has 0 saturated heterocycles. The van der Waals surface area contributed by atoms with E-state index >= 15 is 0 Å². The highest BCUT2D eigenvalue weighted by molar-refractivity contribution is 9.11. The molecule has 1 aliphatic rings. The van der Waals surface area contributed by atoms with Gasteiger partial charge in [-0.1, -0.05) is 45.2 Å². The van der Waals surface area contributed by atoms with Gasteiger partial charge in [-0.2, -0.15) is 4.99 Å². The van der Waals surface area contributed by atoms with Crippen LogP contribution in [0.5, 0.6) is 5.75 Å². The van der Waals surface area contributed by atoms with E-state index < -0.39 is 0 Å². The Kier molecular flexibility index (Phi) is 6.35. The van der Waals surface area contributed by atoms with Crippen LogP contribution < -0.4 is 10.5 Å². The normalized spacial score (nSPS) is 15.5. The molecule has 2 aromatic carbocycles. The zero-order valence-electron chi connectivity index (χ0n) is 12.9. The van der Waals surface area contributed by atoms with Crippen LogP contribution in [0.3, 0.4) is 0 Å². The van der Waals surface area contributed by atoms with Gasteiger partial charge in [0.15, 0.2) is 5.17 Å². The minimum Gasteiger partial charge on any atom is -0.487 e. The molecule has 0 atom stereocenters. The zero-order valence-corrected chi connectivity index (χ0v) is 18.4. The molecule has 2 aromatic rings. The van der Waals surface area contributed by atoms with E-state index in [1.165, 1.54) is 0 Å². The summed E-state index contributed by atoms with van der Waals surface area (Å²) in [5, 5.41) is 1.31. The summed E-state index contributed by atoms with van der Waals surface area (Å²) in [6.07, 6.45) is 1.70. The molecule has 0 aromatic heterocycles. The van der Waals surface area contributed by atoms with Crippen LogP contribution in [0.2, 0.25) is 10.0 Å². The average Bonchev–Trinajstić information content (AvgIpc) is 2.85. The number of amidine groups is 1. The van der Waals surface area contributed by atoms with Crippen molar-refractivity contribution >= 4 is 84.0 Å². The van der Waals surface area contributed by atoms with Gasteiger partial charge < -0.3 is 10.5 Å². The number of hydrogen-bond donors (Lipinski definition) is 1. The highest BCUT2D eigenvalue weighted by Crippen LogP contribution is 2.37. The lowest BCUT2D eigenvalue weighted by atomic mass is 10.1. The number of amides is 1. The fourth-order valence-electron chi connectivity index (χ4n) is 2.20. The Morgan fingerprint density at radius 1 is 1.23 bits per heavy atom. The average molecular weight is 537 g/mol. The van der Waals surface area contributed by atoms with E-state index in [0.717, 1.165) is 26.3 Å². The van der Waals surface area contributed by atoms with Gasteiger partial charge in [-0.15, -0.1) is 0 Å². The highest BCUT2D eigenvalue weighted by Gasteiger charge is 2.21. The Bertz CT molecular complexity index is 964. The van der Waals surface area contributed by atoms with Crippen molar-refractivity contribution in [2.45, 2.75) is 6.61 Å². The molecule has 1 aliphatic heterocycles. The van der Waals surface area contributed by atoms with Crippen molar-refractivity contribution in [2.24, 2.45) is 10.7 Å². The third kappa shape index (κ3) is 4.64. The molecule has 1 amide bonds. The molecule has 0 spiro atoms. The van der Waals surface area contributed by atoms with E-state index in [9.17, 15) is 4.79 Å². The van der Waals surface area contributed by atoms with Crippen LogP contribution in [-0.2, 0) is 11.4 Å². The maximum absolute atomic E-state index is 11.9. The van der Waals surface area contributed by atoms with E-state index in [-0.39, 0.29) is 17.7 Å². The van der Waals surface area contributed by atoms with Crippen LogP contribution in [0.15, 0.2) is 49.2 Å². The SMILES string of the molecule is NC1=NC(=O)C(=Cc2cc(Br)cc(Br)c2OCc2ccc(Cl)cc2Cl)S1. The second-order valence-corrected chi connectivity index (χ2v) is 8.87. The fourth-order valence-corrected chi connectivity index (χ4v) is 4.70. The minimum absolute atomic E-state index is 0.228. The van der Waals surface area contributed by atoms with Crippen molar-refractivity contribution < 1.29 is 9.53 Å². The monoisotopic (exact) mass is 534 g/mol. The van der Waals surface area contributed by atoms with Crippen molar-refractivity contribution in [3.8, 4) is 5.75 Å². The van der Waals surface area contributed by atoms with Crippen LogP contribution in [0, 0.1) is 0 Å². The number of carbonyl (C=O) groups excluding carboxylic acids is 1. The molecule has 9 heteroatoms. The van der Waals surface area contributed by atoms with Crippen molar-refractivity contribution in [3.63, 3.8) is 0 Å². The maximum atomic E-state index is 11.9. The second-order valence-electron chi connectivity index (χ2n) is 5.20. The highest BCUT2D eigenvalue weighted by atomic mass is 79.9. The van der Waals surface area contributed by atoms with Gasteiger partial charge in [-0.3, -0.25) is 4.79 Å². The van der Waals surface area contributed by atoms with Crippen LogP contribution >= 0.6 is 66.8 Å². The Balaban J connectivity index is 1.91. The number of carbonyl (C=O) groups is 1. The van der Waals surface area contributed by atoms with E-state index in [1.807, 2.05) is 12.1 Å². The smallest absolute Gasteiger partial charge is 0.286 e. The van der Waals surface area contributed by atoms with Gasteiger partial charge >= 0.3 is 0 Å². The van der Waals surface area contributed by atoms with E-state index in [1.54, 1.807) is 24.3 Å². The quantitative estimate of drug-likeness (QED) is 0.485. The third-order valence-electron chi connectivity index (χ3n) is 3.35. The van der Waals surface area contributed by atoms with Crippen molar-refractivity contribution in [1.29, 1.82) is 0 Å². The first kappa shape index (κ1) is 19.8. The number of ether oxygens (including phenoxy) is 1. The van der Waals surface area contributed by atoms with Gasteiger partial charge in [0.2, 0.25) is 0 Å². The predicted octanol–water partition coefficient (Wildman–Crippen LogP) is 6.03. The number of hydrogen-bond acceptors (Lipinski definition) is 4. The molecule has 134 valence electrons. The Hall–Kier alpha value is -0.990. The summed E-state index contributed by atoms with van der Waals surface area (Å²) < 4.78 is 7.53. The van der Waals surface area contributed by atoms with Gasteiger partial charge in [0, 0.05) is 25.6 Å². The Morgan fingerprint density at radius 3 is 2.65 bits per heavy atom. The maximum Gasteiger partial charge on any atom is 0.286 e. The van der Waals surface area contributed by atoms with Gasteiger partial charge in [0.25, 0.3) is 5.91 Å². The molecule has 3 rings (SSSR count). The van der Waals surface area contributed by atoms with E-state index in [0.29, 0.717) is 26.3 Å². The zero-order chi connectivity index (χ0) is 18.8. The molecule has 0 bridgehead atoms. The number of rotatable bonds is 4. The van der Waals surface area contributed by atoms with Crippen molar-refractivity contribution in [3.05, 3.63) is 65.4 Å². The number of benzene rings is 2. The largest absolute Gasteiger partial charge is 0.487 e. The Morgan fingerprint density at radius 2 is 2.00 bits per heavy atom. The summed E-state index contributed by atoms with van der Waals surface area (Å²) in [5.41, 5.74) is 7.11. The molecule has 4 nitrogen and oxygen atoms in total. The number of nitrogens with zero attached hydrogens (tertiary/aromatic N) is 1. The molecular formula is C17H10Br2Cl2N2O2S. The molecule has 0 saturated carbocycles. The first-order valence-electron chi connectivity index (χ1n) is 7.17. The number of halogens is 4. The van der Waals surface area contributed by atoms with Gasteiger partial charge in [0.1, 0.15) is 12.4 Å². The Labute approximate surface area is 181 Å². The third-order valence-corrected chi connectivity index (χ3v) is 5.79. The summed E-state index contributed by atoms with van der Waals surface area (Å²) >= 11 is 20.2. The van der Waals surface area contributed by atoms with Gasteiger partial charge in [-0.05, 0) is 58.0 Å². The fraction of sp³-hybridized carbons (Fsp3) is 0.0588. The van der Waals surface area contributed by atoms with Gasteiger partial charge in [-0.25, -0.2) is 0 Å². The van der Waals surface area contributed by atoms with Crippen LogP contribution in [-0.4, -0.2) is 11.1 Å². The molecule has 26 heavy (non-hydrogen) atoms. The number of nitrogens with two attached hydrogens (primary N) is 1. The molecule has 1 heterocycles. The first-order chi connectivity index (χ1) is 12.3. The first-order valence-corrected chi connectivity index (χ1v) is 10.3. The topological polar surface area (TPSA) is 64.7 Å². The van der Waals surface area contributed by atoms with Crippen LogP contribution in [0.1, 0.15) is 11.1 Å². The molecule has 0 radical (unpaired) electrons. The lowest BCUT2D eigenvalue weighted by molar-refractivity contribution is -0.113. The lowest BCUT2D eigenvalue weighted by Crippen LogP contribution is -2.01. The van der Waals surface area contributed by atoms with Gasteiger partial charge in [0.05, 0.1) is 9.38 Å². The number of thioether (sulfide) groups is 1. The van der Waals surface area contributed by atoms with Crippen LogP contribution in [0.4, 0.5) is 0 Å².